The van der Waals surface area contributed by atoms with Gasteiger partial charge in [-0.2, -0.15) is 0 Å². The molecule has 0 saturated heterocycles. The van der Waals surface area contributed by atoms with Crippen molar-refractivity contribution in [3.63, 3.8) is 0 Å². The normalized spacial score (nSPS) is 10.8. The maximum atomic E-state index is 12.1. The molecule has 2 amide bonds. The van der Waals surface area contributed by atoms with Gasteiger partial charge in [0, 0.05) is 20.1 Å². The second-order valence-corrected chi connectivity index (χ2v) is 7.74. The average molecular weight is 417 g/mol. The van der Waals surface area contributed by atoms with Gasteiger partial charge in [0.25, 0.3) is 5.91 Å². The summed E-state index contributed by atoms with van der Waals surface area (Å²) in [5.41, 5.74) is 1.13. The van der Waals surface area contributed by atoms with Crippen molar-refractivity contribution in [3.8, 4) is 0 Å². The zero-order valence-electron chi connectivity index (χ0n) is 15.3. The quantitative estimate of drug-likeness (QED) is 0.540. The van der Waals surface area contributed by atoms with E-state index >= 15 is 0 Å². The van der Waals surface area contributed by atoms with E-state index in [0.29, 0.717) is 29.6 Å². The number of carbonyl (C=O) groups excluding carboxylic acids is 2. The minimum Gasteiger partial charge on any atom is -0.383 e. The molecule has 9 heteroatoms. The van der Waals surface area contributed by atoms with Gasteiger partial charge in [0.2, 0.25) is 5.91 Å². The van der Waals surface area contributed by atoms with Crippen LogP contribution in [0.2, 0.25) is 0 Å². The molecule has 146 valence electrons. The topological polar surface area (TPSA) is 86.1 Å². The van der Waals surface area contributed by atoms with Crippen LogP contribution in [0.5, 0.6) is 0 Å². The zero-order chi connectivity index (χ0) is 19.8. The summed E-state index contributed by atoms with van der Waals surface area (Å²) in [6.07, 6.45) is 0.640. The first-order chi connectivity index (χ1) is 13.7. The zero-order valence-corrected chi connectivity index (χ0v) is 17.0. The van der Waals surface area contributed by atoms with E-state index in [9.17, 15) is 9.59 Å². The van der Waals surface area contributed by atoms with Crippen LogP contribution < -0.4 is 5.32 Å². The fourth-order valence-corrected chi connectivity index (χ4v) is 3.91. The maximum Gasteiger partial charge on any atom is 0.267 e. The van der Waals surface area contributed by atoms with Crippen molar-refractivity contribution in [2.24, 2.45) is 0 Å². The number of ether oxygens (including phenoxy) is 1. The maximum absolute atomic E-state index is 12.1. The van der Waals surface area contributed by atoms with E-state index in [1.54, 1.807) is 24.6 Å². The highest BCUT2D eigenvalue weighted by Crippen LogP contribution is 2.19. The molecule has 7 nitrogen and oxygen atoms in total. The number of methoxy groups -OCH3 is 1. The first-order valence-electron chi connectivity index (χ1n) is 8.63. The third-order valence-electron chi connectivity index (χ3n) is 3.85. The highest BCUT2D eigenvalue weighted by molar-refractivity contribution is 7.99. The van der Waals surface area contributed by atoms with E-state index in [1.165, 1.54) is 23.1 Å². The molecule has 1 N–H and O–H groups in total. The summed E-state index contributed by atoms with van der Waals surface area (Å²) in [5.74, 6) is 0.134. The summed E-state index contributed by atoms with van der Waals surface area (Å²) in [7, 11) is 1.64. The number of benzene rings is 1. The van der Waals surface area contributed by atoms with E-state index in [0.717, 1.165) is 11.4 Å². The molecule has 0 unspecified atom stereocenters. The van der Waals surface area contributed by atoms with Crippen LogP contribution >= 0.6 is 23.1 Å². The third kappa shape index (κ3) is 5.51. The minimum absolute atomic E-state index is 0.0770. The van der Waals surface area contributed by atoms with E-state index in [2.05, 4.69) is 15.5 Å². The highest BCUT2D eigenvalue weighted by Gasteiger charge is 2.16. The molecule has 3 aromatic rings. The van der Waals surface area contributed by atoms with Crippen molar-refractivity contribution in [1.82, 2.24) is 20.1 Å². The van der Waals surface area contributed by atoms with Crippen LogP contribution in [-0.4, -0.2) is 46.0 Å². The molecule has 0 spiro atoms. The molecule has 28 heavy (non-hydrogen) atoms. The summed E-state index contributed by atoms with van der Waals surface area (Å²) >= 11 is 2.54. The number of thiophene rings is 1. The van der Waals surface area contributed by atoms with E-state index in [-0.39, 0.29) is 17.6 Å². The number of hydrogen-bond acceptors (Lipinski definition) is 7. The Bertz CT molecular complexity index is 911. The smallest absolute Gasteiger partial charge is 0.267 e. The van der Waals surface area contributed by atoms with Gasteiger partial charge in [-0.3, -0.25) is 14.9 Å². The molecule has 2 heterocycles. The van der Waals surface area contributed by atoms with Crippen LogP contribution in [0, 0.1) is 0 Å². The summed E-state index contributed by atoms with van der Waals surface area (Å²) in [5, 5.41) is 13.3. The van der Waals surface area contributed by atoms with E-state index < -0.39 is 0 Å². The van der Waals surface area contributed by atoms with Crippen LogP contribution in [0.3, 0.4) is 0 Å². The molecule has 1 aromatic carbocycles. The molecule has 3 rings (SSSR count). The Balaban J connectivity index is 1.63. The van der Waals surface area contributed by atoms with Gasteiger partial charge in [0.15, 0.2) is 5.16 Å². The van der Waals surface area contributed by atoms with Crippen molar-refractivity contribution in [2.75, 3.05) is 19.5 Å². The summed E-state index contributed by atoms with van der Waals surface area (Å²) in [6.45, 7) is 1.10. The lowest BCUT2D eigenvalue weighted by Gasteiger charge is -2.09. The van der Waals surface area contributed by atoms with Gasteiger partial charge in [0.1, 0.15) is 5.82 Å². The Kier molecular flexibility index (Phi) is 7.35. The molecular formula is C19H20N4O3S2. The van der Waals surface area contributed by atoms with Gasteiger partial charge >= 0.3 is 0 Å². The Labute approximate surface area is 171 Å². The van der Waals surface area contributed by atoms with Gasteiger partial charge in [-0.25, -0.2) is 0 Å². The number of amides is 2. The van der Waals surface area contributed by atoms with Crippen LogP contribution in [0.15, 0.2) is 53.0 Å². The standard InChI is InChI=1S/C19H20N4O3S2/c1-26-10-9-23-16(12-14-6-3-2-4-7-14)21-22-19(23)28-13-17(24)20-18(25)15-8-5-11-27-15/h2-8,11H,9-10,12-13H2,1H3,(H,20,24,25). The van der Waals surface area contributed by atoms with E-state index in [1.807, 2.05) is 34.9 Å². The van der Waals surface area contributed by atoms with Crippen molar-refractivity contribution in [2.45, 2.75) is 18.1 Å². The Hall–Kier alpha value is -2.49. The summed E-state index contributed by atoms with van der Waals surface area (Å²) < 4.78 is 7.14. The minimum atomic E-state index is -0.383. The number of carbonyl (C=O) groups is 2. The number of nitrogens with zero attached hydrogens (tertiary/aromatic N) is 3. The van der Waals surface area contributed by atoms with Crippen molar-refractivity contribution in [3.05, 3.63) is 64.1 Å². The Morgan fingerprint density at radius 2 is 2.00 bits per heavy atom. The van der Waals surface area contributed by atoms with Gasteiger partial charge < -0.3 is 9.30 Å². The number of nitrogens with one attached hydrogen (secondary N) is 1. The number of imide groups is 1. The number of rotatable bonds is 9. The summed E-state index contributed by atoms with van der Waals surface area (Å²) in [4.78, 5) is 24.6. The lowest BCUT2D eigenvalue weighted by molar-refractivity contribution is -0.117. The van der Waals surface area contributed by atoms with Gasteiger partial charge in [-0.1, -0.05) is 48.2 Å². The largest absolute Gasteiger partial charge is 0.383 e. The second-order valence-electron chi connectivity index (χ2n) is 5.85. The third-order valence-corrected chi connectivity index (χ3v) is 5.68. The number of thioether (sulfide) groups is 1. The van der Waals surface area contributed by atoms with Crippen LogP contribution in [-0.2, 0) is 22.5 Å². The molecule has 0 saturated carbocycles. The molecule has 0 aliphatic carbocycles. The molecule has 0 fully saturated rings. The van der Waals surface area contributed by atoms with Crippen LogP contribution in [0.25, 0.3) is 0 Å². The SMILES string of the molecule is COCCn1c(Cc2ccccc2)nnc1SCC(=O)NC(=O)c1cccs1. The molecule has 0 aliphatic heterocycles. The van der Waals surface area contributed by atoms with E-state index in [4.69, 9.17) is 4.74 Å². The van der Waals surface area contributed by atoms with Crippen molar-refractivity contribution >= 4 is 34.9 Å². The Morgan fingerprint density at radius 3 is 2.71 bits per heavy atom. The molecule has 2 aromatic heterocycles. The lowest BCUT2D eigenvalue weighted by atomic mass is 10.1. The molecule has 0 atom stereocenters. The Morgan fingerprint density at radius 1 is 1.18 bits per heavy atom. The van der Waals surface area contributed by atoms with Gasteiger partial charge in [-0.05, 0) is 17.0 Å². The van der Waals surface area contributed by atoms with Crippen molar-refractivity contribution in [1.29, 1.82) is 0 Å². The van der Waals surface area contributed by atoms with Crippen LogP contribution in [0.1, 0.15) is 21.1 Å². The predicted molar refractivity (Wildman–Crippen MR) is 109 cm³/mol. The van der Waals surface area contributed by atoms with Gasteiger partial charge in [-0.15, -0.1) is 21.5 Å². The molecule has 0 radical (unpaired) electrons. The summed E-state index contributed by atoms with van der Waals surface area (Å²) in [6, 6.07) is 13.4. The van der Waals surface area contributed by atoms with Gasteiger partial charge in [0.05, 0.1) is 17.2 Å². The van der Waals surface area contributed by atoms with Crippen molar-refractivity contribution < 1.29 is 14.3 Å². The average Bonchev–Trinajstić information content (AvgIpc) is 3.36. The fourth-order valence-electron chi connectivity index (χ4n) is 2.50. The predicted octanol–water partition coefficient (Wildman–Crippen LogP) is 2.63. The second kappa shape index (κ2) is 10.2. The number of aromatic nitrogens is 3. The molecular weight excluding hydrogens is 396 g/mol. The number of hydrogen-bond donors (Lipinski definition) is 1. The first kappa shape index (κ1) is 20.2. The van der Waals surface area contributed by atoms with Crippen LogP contribution in [0.4, 0.5) is 0 Å². The molecule has 0 bridgehead atoms. The lowest BCUT2D eigenvalue weighted by Crippen LogP contribution is -2.31. The molecule has 0 aliphatic rings. The first-order valence-corrected chi connectivity index (χ1v) is 10.5. The fraction of sp³-hybridized carbons (Fsp3) is 0.263. The monoisotopic (exact) mass is 416 g/mol. The highest BCUT2D eigenvalue weighted by atomic mass is 32.2.